The minimum atomic E-state index is -1.06. The number of hydrogen-bond donors (Lipinski definition) is 1. The summed E-state index contributed by atoms with van der Waals surface area (Å²) in [5, 5.41) is 0. The smallest absolute Gasteiger partial charge is 0.310 e. The summed E-state index contributed by atoms with van der Waals surface area (Å²) in [6.45, 7) is 15.3. The van der Waals surface area contributed by atoms with Crippen LogP contribution in [0.2, 0.25) is 0 Å². The second-order valence-corrected chi connectivity index (χ2v) is 10.8. The first kappa shape index (κ1) is 43.8. The van der Waals surface area contributed by atoms with Gasteiger partial charge in [0.25, 0.3) is 5.97 Å². The molecule has 0 amide bonds. The summed E-state index contributed by atoms with van der Waals surface area (Å²) < 4.78 is 40.0. The summed E-state index contributed by atoms with van der Waals surface area (Å²) in [5.41, 5.74) is 5.63. The quantitative estimate of drug-likeness (QED) is 0.0641. The largest absolute Gasteiger partial charge is 0.370 e. The van der Waals surface area contributed by atoms with E-state index in [0.717, 1.165) is 32.1 Å². The van der Waals surface area contributed by atoms with Gasteiger partial charge in [-0.15, -0.1) is 0 Å². The molecule has 0 aliphatic heterocycles. The molecule has 2 N–H and O–H groups in total. The van der Waals surface area contributed by atoms with Crippen LogP contribution in [0.4, 0.5) is 0 Å². The van der Waals surface area contributed by atoms with Crippen LogP contribution in [-0.2, 0) is 33.2 Å². The van der Waals surface area contributed by atoms with Crippen molar-refractivity contribution < 1.29 is 33.2 Å². The first-order valence-corrected chi connectivity index (χ1v) is 17.3. The Morgan fingerprint density at radius 1 is 0.476 bits per heavy atom. The highest BCUT2D eigenvalue weighted by Gasteiger charge is 2.43. The summed E-state index contributed by atoms with van der Waals surface area (Å²) in [7, 11) is 4.93. The van der Waals surface area contributed by atoms with Crippen LogP contribution in [0.5, 0.6) is 0 Å². The fraction of sp³-hybridized carbons (Fsp3) is 1.00. The molecule has 0 radical (unpaired) electrons. The molecule has 0 aliphatic rings. The molecule has 0 fully saturated rings. The fourth-order valence-electron chi connectivity index (χ4n) is 5.46. The molecule has 0 bridgehead atoms. The van der Waals surface area contributed by atoms with Crippen molar-refractivity contribution in [3.05, 3.63) is 0 Å². The van der Waals surface area contributed by atoms with Crippen molar-refractivity contribution >= 4 is 0 Å². The molecule has 42 heavy (non-hydrogen) atoms. The predicted molar refractivity (Wildman–Crippen MR) is 175 cm³/mol. The Balaban J connectivity index is 0. The summed E-state index contributed by atoms with van der Waals surface area (Å²) in [5.74, 6) is -1.74. The first-order valence-electron chi connectivity index (χ1n) is 17.3. The molecule has 0 aliphatic carbocycles. The SMILES string of the molecule is CCCCCCCCC(CCCN)C(OC)(OC)OC.CCCCCCCCC(OCC)C(OCC)(OCC)OCC. The normalized spacial score (nSPS) is 13.6. The molecule has 0 saturated carbocycles. The van der Waals surface area contributed by atoms with Crippen molar-refractivity contribution in [3.63, 3.8) is 0 Å². The maximum Gasteiger partial charge on any atom is 0.310 e. The van der Waals surface area contributed by atoms with Gasteiger partial charge in [-0.3, -0.25) is 0 Å². The summed E-state index contributed by atoms with van der Waals surface area (Å²) in [6, 6.07) is 0. The van der Waals surface area contributed by atoms with Crippen LogP contribution in [0.25, 0.3) is 0 Å². The number of hydrogen-bond acceptors (Lipinski definition) is 8. The second kappa shape index (κ2) is 30.7. The van der Waals surface area contributed by atoms with Crippen LogP contribution in [0.1, 0.15) is 144 Å². The molecule has 256 valence electrons. The Morgan fingerprint density at radius 3 is 1.26 bits per heavy atom. The number of unbranched alkanes of at least 4 members (excludes halogenated alkanes) is 10. The van der Waals surface area contributed by atoms with Crippen LogP contribution >= 0.6 is 0 Å². The van der Waals surface area contributed by atoms with Crippen molar-refractivity contribution in [1.82, 2.24) is 0 Å². The standard InChI is InChI=1S/C18H38O4.C16H35NO3/c1-6-11-12-13-14-15-16-17(19-7-2)18(20-8-3,21-9-4)22-10-5;1-5-6-7-8-9-10-12-15(13-11-14-17)16(18-2,19-3)20-4/h17H,6-16H2,1-5H3;15H,5-14,17H2,1-4H3. The third kappa shape index (κ3) is 19.1. The average Bonchev–Trinajstić information content (AvgIpc) is 3.00. The summed E-state index contributed by atoms with van der Waals surface area (Å²) >= 11 is 0. The van der Waals surface area contributed by atoms with Crippen LogP contribution in [0.3, 0.4) is 0 Å². The maximum absolute atomic E-state index is 5.92. The van der Waals surface area contributed by atoms with Gasteiger partial charge in [0.2, 0.25) is 0 Å². The molecule has 2 atom stereocenters. The molecule has 0 rings (SSSR count). The zero-order chi connectivity index (χ0) is 32.0. The molecule has 0 spiro atoms. The topological polar surface area (TPSA) is 90.6 Å². The van der Waals surface area contributed by atoms with Gasteiger partial charge in [-0.05, 0) is 59.9 Å². The highest BCUT2D eigenvalue weighted by atomic mass is 16.9. The van der Waals surface area contributed by atoms with Gasteiger partial charge in [0.05, 0.1) is 0 Å². The summed E-state index contributed by atoms with van der Waals surface area (Å²) in [4.78, 5) is 0. The van der Waals surface area contributed by atoms with Gasteiger partial charge in [-0.2, -0.15) is 0 Å². The van der Waals surface area contributed by atoms with E-state index in [-0.39, 0.29) is 12.0 Å². The van der Waals surface area contributed by atoms with E-state index < -0.39 is 11.9 Å². The molecular weight excluding hydrogens is 534 g/mol. The van der Waals surface area contributed by atoms with Crippen molar-refractivity contribution in [1.29, 1.82) is 0 Å². The van der Waals surface area contributed by atoms with Crippen molar-refractivity contribution in [2.45, 2.75) is 162 Å². The van der Waals surface area contributed by atoms with Gasteiger partial charge >= 0.3 is 5.97 Å². The van der Waals surface area contributed by atoms with Gasteiger partial charge in [-0.1, -0.05) is 90.9 Å². The van der Waals surface area contributed by atoms with E-state index in [0.29, 0.717) is 33.0 Å². The Kier molecular flexibility index (Phi) is 32.0. The zero-order valence-electron chi connectivity index (χ0n) is 29.4. The van der Waals surface area contributed by atoms with E-state index >= 15 is 0 Å². The van der Waals surface area contributed by atoms with Crippen LogP contribution in [-0.4, -0.2) is 72.4 Å². The van der Waals surface area contributed by atoms with Crippen molar-refractivity contribution in [2.75, 3.05) is 54.3 Å². The van der Waals surface area contributed by atoms with Gasteiger partial charge in [-0.25, -0.2) is 0 Å². The van der Waals surface area contributed by atoms with Crippen molar-refractivity contribution in [3.8, 4) is 0 Å². The number of nitrogens with two attached hydrogens (primary N) is 1. The zero-order valence-corrected chi connectivity index (χ0v) is 29.4. The van der Waals surface area contributed by atoms with E-state index in [1.807, 2.05) is 27.7 Å². The van der Waals surface area contributed by atoms with E-state index in [1.165, 1.54) is 70.6 Å². The number of ether oxygens (including phenoxy) is 7. The molecule has 0 aromatic rings. The number of methoxy groups -OCH3 is 3. The van der Waals surface area contributed by atoms with E-state index in [9.17, 15) is 0 Å². The molecule has 8 nitrogen and oxygen atoms in total. The average molecular weight is 608 g/mol. The lowest BCUT2D eigenvalue weighted by atomic mass is 9.93. The molecule has 2 unspecified atom stereocenters. The van der Waals surface area contributed by atoms with Gasteiger partial charge in [0.1, 0.15) is 6.10 Å². The lowest BCUT2D eigenvalue weighted by Gasteiger charge is -2.38. The third-order valence-corrected chi connectivity index (χ3v) is 7.64. The van der Waals surface area contributed by atoms with Crippen LogP contribution < -0.4 is 5.73 Å². The van der Waals surface area contributed by atoms with Gasteiger partial charge < -0.3 is 38.9 Å². The molecule has 0 saturated heterocycles. The third-order valence-electron chi connectivity index (χ3n) is 7.64. The van der Waals surface area contributed by atoms with Gasteiger partial charge in [0.15, 0.2) is 0 Å². The predicted octanol–water partition coefficient (Wildman–Crippen LogP) is 8.59. The Hall–Kier alpha value is -0.320. The molecule has 0 heterocycles. The maximum atomic E-state index is 5.92. The molecular formula is C34H73NO7. The minimum absolute atomic E-state index is 0.177. The van der Waals surface area contributed by atoms with Crippen molar-refractivity contribution in [2.24, 2.45) is 11.7 Å². The Morgan fingerprint density at radius 2 is 0.881 bits per heavy atom. The van der Waals surface area contributed by atoms with E-state index in [2.05, 4.69) is 13.8 Å². The highest BCUT2D eigenvalue weighted by Crippen LogP contribution is 2.32. The highest BCUT2D eigenvalue weighted by molar-refractivity contribution is 4.73. The first-order chi connectivity index (χ1) is 20.4. The van der Waals surface area contributed by atoms with Crippen LogP contribution in [0, 0.1) is 5.92 Å². The van der Waals surface area contributed by atoms with Gasteiger partial charge in [0, 0.05) is 53.7 Å². The molecule has 0 aromatic heterocycles. The fourth-order valence-corrected chi connectivity index (χ4v) is 5.46. The van der Waals surface area contributed by atoms with E-state index in [1.54, 1.807) is 21.3 Å². The Labute approximate surface area is 261 Å². The number of rotatable bonds is 30. The minimum Gasteiger partial charge on any atom is -0.370 e. The Bertz CT molecular complexity index is 509. The lowest BCUT2D eigenvalue weighted by Crippen LogP contribution is -2.51. The lowest BCUT2D eigenvalue weighted by molar-refractivity contribution is -0.415. The monoisotopic (exact) mass is 608 g/mol. The second-order valence-electron chi connectivity index (χ2n) is 10.8. The van der Waals surface area contributed by atoms with E-state index in [4.69, 9.17) is 38.9 Å². The molecule has 0 aromatic carbocycles. The summed E-state index contributed by atoms with van der Waals surface area (Å²) in [6.07, 6.45) is 19.0. The molecule has 8 heteroatoms. The van der Waals surface area contributed by atoms with Crippen LogP contribution in [0.15, 0.2) is 0 Å².